The third-order valence-electron chi connectivity index (χ3n) is 5.52. The Bertz CT molecular complexity index is 779. The molecule has 2 atom stereocenters. The molecule has 4 rings (SSSR count). The highest BCUT2D eigenvalue weighted by molar-refractivity contribution is 5.78. The van der Waals surface area contributed by atoms with Crippen LogP contribution in [0, 0.1) is 5.92 Å². The van der Waals surface area contributed by atoms with Crippen LogP contribution in [0.4, 0.5) is 0 Å². The van der Waals surface area contributed by atoms with Gasteiger partial charge in [0.1, 0.15) is 0 Å². The molecule has 0 bridgehead atoms. The van der Waals surface area contributed by atoms with E-state index in [1.54, 1.807) is 0 Å². The van der Waals surface area contributed by atoms with Crippen LogP contribution in [0.3, 0.4) is 0 Å². The van der Waals surface area contributed by atoms with Crippen LogP contribution < -0.4 is 10.9 Å². The van der Waals surface area contributed by atoms with Crippen molar-refractivity contribution in [2.24, 2.45) is 5.92 Å². The first kappa shape index (κ1) is 17.7. The number of nitrogens with one attached hydrogen (secondary N) is 2. The fourth-order valence-electron chi connectivity index (χ4n) is 4.04. The molecule has 0 radical (unpaired) electrons. The molecular formula is C20H27N3O3. The van der Waals surface area contributed by atoms with Gasteiger partial charge in [0.25, 0.3) is 5.56 Å². The van der Waals surface area contributed by atoms with Gasteiger partial charge in [0.2, 0.25) is 0 Å². The van der Waals surface area contributed by atoms with Gasteiger partial charge in [0, 0.05) is 55.8 Å². The highest BCUT2D eigenvalue weighted by Gasteiger charge is 2.31. The molecule has 0 unspecified atom stereocenters. The van der Waals surface area contributed by atoms with E-state index in [4.69, 9.17) is 9.47 Å². The number of hydrogen-bond donors (Lipinski definition) is 2. The monoisotopic (exact) mass is 357 g/mol. The standard InChI is InChI=1S/C20H27N3O3/c24-20-17(11-15-3-1-2-4-18(15)22-20)12-21-13-19(16-5-8-26-14-16)23-6-9-25-10-7-23/h1-4,11,16,19,21H,5-10,12-14H2,(H,22,24)/t16-,19-/m1/s1. The van der Waals surface area contributed by atoms with E-state index in [1.165, 1.54) is 0 Å². The van der Waals surface area contributed by atoms with Crippen LogP contribution in [0.2, 0.25) is 0 Å². The van der Waals surface area contributed by atoms with Crippen molar-refractivity contribution in [1.29, 1.82) is 0 Å². The molecule has 6 nitrogen and oxygen atoms in total. The van der Waals surface area contributed by atoms with Gasteiger partial charge in [-0.05, 0) is 23.9 Å². The van der Waals surface area contributed by atoms with Gasteiger partial charge in [-0.2, -0.15) is 0 Å². The smallest absolute Gasteiger partial charge is 0.252 e. The largest absolute Gasteiger partial charge is 0.381 e. The van der Waals surface area contributed by atoms with E-state index in [1.807, 2.05) is 30.3 Å². The molecule has 2 aliphatic heterocycles. The summed E-state index contributed by atoms with van der Waals surface area (Å²) in [5.74, 6) is 0.551. The minimum absolute atomic E-state index is 0.0108. The fourth-order valence-corrected chi connectivity index (χ4v) is 4.04. The maximum absolute atomic E-state index is 12.3. The Balaban J connectivity index is 1.42. The van der Waals surface area contributed by atoms with Crippen molar-refractivity contribution < 1.29 is 9.47 Å². The van der Waals surface area contributed by atoms with E-state index in [0.29, 0.717) is 18.5 Å². The fraction of sp³-hybridized carbons (Fsp3) is 0.550. The first-order chi connectivity index (χ1) is 12.8. The molecule has 2 N–H and O–H groups in total. The lowest BCUT2D eigenvalue weighted by Gasteiger charge is -2.37. The van der Waals surface area contributed by atoms with Crippen LogP contribution in [0.25, 0.3) is 10.9 Å². The Morgan fingerprint density at radius 1 is 1.19 bits per heavy atom. The van der Waals surface area contributed by atoms with Crippen LogP contribution in [0.15, 0.2) is 35.1 Å². The summed E-state index contributed by atoms with van der Waals surface area (Å²) in [6, 6.07) is 10.3. The van der Waals surface area contributed by atoms with Gasteiger partial charge in [-0.25, -0.2) is 0 Å². The van der Waals surface area contributed by atoms with Crippen LogP contribution in [-0.2, 0) is 16.0 Å². The molecule has 0 spiro atoms. The van der Waals surface area contributed by atoms with Crippen LogP contribution in [0.5, 0.6) is 0 Å². The lowest BCUT2D eigenvalue weighted by atomic mass is 9.96. The van der Waals surface area contributed by atoms with Gasteiger partial charge in [0.05, 0.1) is 19.8 Å². The summed E-state index contributed by atoms with van der Waals surface area (Å²) in [6.45, 7) is 6.67. The summed E-state index contributed by atoms with van der Waals surface area (Å²) in [7, 11) is 0. The molecule has 0 saturated carbocycles. The van der Waals surface area contributed by atoms with E-state index < -0.39 is 0 Å². The van der Waals surface area contributed by atoms with E-state index >= 15 is 0 Å². The topological polar surface area (TPSA) is 66.6 Å². The van der Waals surface area contributed by atoms with Crippen molar-refractivity contribution in [2.75, 3.05) is 46.1 Å². The van der Waals surface area contributed by atoms with Crippen molar-refractivity contribution in [3.63, 3.8) is 0 Å². The average molecular weight is 357 g/mol. The van der Waals surface area contributed by atoms with Crippen molar-refractivity contribution in [3.05, 3.63) is 46.2 Å². The summed E-state index contributed by atoms with van der Waals surface area (Å²) in [5, 5.41) is 4.59. The Kier molecular flexibility index (Phi) is 5.65. The third kappa shape index (κ3) is 3.99. The number of hydrogen-bond acceptors (Lipinski definition) is 5. The Morgan fingerprint density at radius 2 is 2.04 bits per heavy atom. The van der Waals surface area contributed by atoms with Gasteiger partial charge < -0.3 is 19.8 Å². The zero-order valence-corrected chi connectivity index (χ0v) is 15.1. The Hall–Kier alpha value is -1.73. The molecule has 6 heteroatoms. The molecule has 0 aliphatic carbocycles. The van der Waals surface area contributed by atoms with Gasteiger partial charge in [0.15, 0.2) is 0 Å². The number of nitrogens with zero attached hydrogens (tertiary/aromatic N) is 1. The second-order valence-electron chi connectivity index (χ2n) is 7.18. The molecule has 26 heavy (non-hydrogen) atoms. The number of aromatic nitrogens is 1. The number of ether oxygens (including phenoxy) is 2. The van der Waals surface area contributed by atoms with Crippen LogP contribution in [-0.4, -0.2) is 62.0 Å². The molecule has 2 aliphatic rings. The number of fused-ring (bicyclic) bond motifs is 1. The quantitative estimate of drug-likeness (QED) is 0.817. The summed E-state index contributed by atoms with van der Waals surface area (Å²) in [4.78, 5) is 17.8. The number of H-pyrrole nitrogens is 1. The van der Waals surface area contributed by atoms with E-state index in [9.17, 15) is 4.79 Å². The lowest BCUT2D eigenvalue weighted by molar-refractivity contribution is 0.00137. The number of benzene rings is 1. The van der Waals surface area contributed by atoms with Gasteiger partial charge >= 0.3 is 0 Å². The SMILES string of the molecule is O=c1[nH]c2ccccc2cc1CNC[C@H]([C@@H]1CCOC1)N1CCOCC1. The molecular weight excluding hydrogens is 330 g/mol. The van der Waals surface area contributed by atoms with E-state index in [-0.39, 0.29) is 5.56 Å². The first-order valence-corrected chi connectivity index (χ1v) is 9.52. The maximum atomic E-state index is 12.3. The first-order valence-electron chi connectivity index (χ1n) is 9.52. The minimum atomic E-state index is -0.0108. The van der Waals surface area contributed by atoms with Gasteiger partial charge in [-0.1, -0.05) is 18.2 Å². The van der Waals surface area contributed by atoms with Crippen molar-refractivity contribution in [3.8, 4) is 0 Å². The Labute approximate surface area is 153 Å². The molecule has 2 saturated heterocycles. The van der Waals surface area contributed by atoms with Gasteiger partial charge in [-0.3, -0.25) is 9.69 Å². The normalized spacial score (nSPS) is 22.7. The second-order valence-corrected chi connectivity index (χ2v) is 7.18. The average Bonchev–Trinajstić information content (AvgIpc) is 3.20. The van der Waals surface area contributed by atoms with Crippen LogP contribution in [0.1, 0.15) is 12.0 Å². The summed E-state index contributed by atoms with van der Waals surface area (Å²) in [5.41, 5.74) is 1.66. The number of para-hydroxylation sites is 1. The molecule has 3 heterocycles. The molecule has 2 aromatic rings. The predicted octanol–water partition coefficient (Wildman–Crippen LogP) is 1.35. The maximum Gasteiger partial charge on any atom is 0.252 e. The molecule has 2 fully saturated rings. The van der Waals surface area contributed by atoms with Crippen LogP contribution >= 0.6 is 0 Å². The number of pyridine rings is 1. The zero-order valence-electron chi connectivity index (χ0n) is 15.1. The number of aromatic amines is 1. The zero-order chi connectivity index (χ0) is 17.8. The molecule has 1 aromatic heterocycles. The molecule has 140 valence electrons. The third-order valence-corrected chi connectivity index (χ3v) is 5.52. The van der Waals surface area contributed by atoms with Crippen molar-refractivity contribution in [2.45, 2.75) is 19.0 Å². The summed E-state index contributed by atoms with van der Waals surface area (Å²) >= 11 is 0. The Morgan fingerprint density at radius 3 is 2.85 bits per heavy atom. The summed E-state index contributed by atoms with van der Waals surface area (Å²) in [6.07, 6.45) is 1.11. The minimum Gasteiger partial charge on any atom is -0.381 e. The lowest BCUT2D eigenvalue weighted by Crippen LogP contribution is -2.51. The number of morpholine rings is 1. The van der Waals surface area contributed by atoms with E-state index in [0.717, 1.165) is 68.9 Å². The molecule has 0 amide bonds. The van der Waals surface area contributed by atoms with Crippen molar-refractivity contribution >= 4 is 10.9 Å². The number of rotatable bonds is 6. The van der Waals surface area contributed by atoms with E-state index in [2.05, 4.69) is 15.2 Å². The summed E-state index contributed by atoms with van der Waals surface area (Å²) < 4.78 is 11.1. The molecule has 1 aromatic carbocycles. The predicted molar refractivity (Wildman–Crippen MR) is 101 cm³/mol. The highest BCUT2D eigenvalue weighted by Crippen LogP contribution is 2.22. The second kappa shape index (κ2) is 8.31. The van der Waals surface area contributed by atoms with Crippen molar-refractivity contribution in [1.82, 2.24) is 15.2 Å². The van der Waals surface area contributed by atoms with Gasteiger partial charge in [-0.15, -0.1) is 0 Å². The highest BCUT2D eigenvalue weighted by atomic mass is 16.5.